The fourth-order valence-electron chi connectivity index (χ4n) is 8.82. The summed E-state index contributed by atoms with van der Waals surface area (Å²) in [5.74, 6) is -6.58. The topological polar surface area (TPSA) is 417 Å². The molecule has 0 aromatic heterocycles. The Balaban J connectivity index is 0.0000141. The molecular formula is C45H79N2NaO25. The predicted octanol–water partition coefficient (Wildman–Crippen LogP) is -6.99. The van der Waals surface area contributed by atoms with Crippen LogP contribution in [0.4, 0.5) is 0 Å². The Hall–Kier alpha value is -1.43. The normalized spacial score (nSPS) is 38.0. The molecule has 4 saturated heterocycles. The van der Waals surface area contributed by atoms with Gasteiger partial charge < -0.3 is 100 Å². The van der Waals surface area contributed by atoms with E-state index in [0.29, 0.717) is 12.8 Å². The summed E-state index contributed by atoms with van der Waals surface area (Å²) < 4.78 is 35.4. The molecule has 21 atom stereocenters. The number of nitrogens with zero attached hydrogens (tertiary/aromatic N) is 1. The zero-order chi connectivity index (χ0) is 53.3. The molecule has 73 heavy (non-hydrogen) atoms. The van der Waals surface area contributed by atoms with Crippen molar-refractivity contribution in [1.82, 2.24) is 5.32 Å². The number of carboxylic acid groups (broad SMARTS) is 1. The first-order chi connectivity index (χ1) is 34.3. The van der Waals surface area contributed by atoms with Crippen LogP contribution in [0.15, 0.2) is 4.99 Å². The fourth-order valence-corrected chi connectivity index (χ4v) is 8.82. The van der Waals surface area contributed by atoms with Crippen molar-refractivity contribution in [3.05, 3.63) is 0 Å². The second-order valence-corrected chi connectivity index (χ2v) is 18.7. The van der Waals surface area contributed by atoms with E-state index in [1.54, 1.807) is 6.92 Å². The van der Waals surface area contributed by atoms with Crippen LogP contribution in [0.5, 0.6) is 0 Å². The van der Waals surface area contributed by atoms with Crippen LogP contribution < -0.4 is 40.0 Å². The standard InChI is InChI=1S/C45H80N2O25.Na/c1-5-7-8-9-10-11-12-13-14-15-17-63-41-30(47-28(54)16-6-2)39(67-42-35(59)34(58)31(55)22(3)64-42)37(27(21-50)66-41)69-71-43-36(60)40(33(57)26(20-49)65-43)70-72-45(44(61)62)18-24(52)29(46-23(4)51)38(68-45)32(56)25(53)19-48;/h22,24-27,29-43,48-50,52-53,55-60H,5-21H2,1-4H3,(H,46,51)(H,47,54)(H,61,62);/q;+1/p-1/t22-,24-,25+,26+,27+,29+,30+,31+,32-,33-,34+,35-,36+,37+,38+,39+,40-,41+,42-,43-,45-;/m0./s1. The monoisotopic (exact) mass is 1070 g/mol. The van der Waals surface area contributed by atoms with Crippen molar-refractivity contribution in [3.63, 3.8) is 0 Å². The van der Waals surface area contributed by atoms with Gasteiger partial charge in [0.15, 0.2) is 18.7 Å². The van der Waals surface area contributed by atoms with Crippen LogP contribution in [0.3, 0.4) is 0 Å². The zero-order valence-electron chi connectivity index (χ0n) is 42.2. The van der Waals surface area contributed by atoms with Gasteiger partial charge in [0.05, 0.1) is 32.0 Å². The van der Waals surface area contributed by atoms with Gasteiger partial charge in [-0.1, -0.05) is 71.6 Å². The number of ether oxygens (including phenoxy) is 6. The number of aliphatic hydroxyl groups excluding tert-OH is 11. The predicted molar refractivity (Wildman–Crippen MR) is 239 cm³/mol. The molecule has 0 aliphatic carbocycles. The van der Waals surface area contributed by atoms with E-state index >= 15 is 0 Å². The number of nitrogens with one attached hydrogen (secondary N) is 1. The van der Waals surface area contributed by atoms with Crippen LogP contribution in [0, 0.1) is 0 Å². The third kappa shape index (κ3) is 18.1. The summed E-state index contributed by atoms with van der Waals surface area (Å²) in [6, 6.07) is -3.06. The maximum absolute atomic E-state index is 13.3. The van der Waals surface area contributed by atoms with Gasteiger partial charge in [-0.25, -0.2) is 19.5 Å². The van der Waals surface area contributed by atoms with Crippen LogP contribution in [-0.2, 0) is 57.6 Å². The Morgan fingerprint density at radius 1 is 0.740 bits per heavy atom. The van der Waals surface area contributed by atoms with E-state index in [0.717, 1.165) is 39.0 Å². The molecular weight excluding hydrogens is 991 g/mol. The van der Waals surface area contributed by atoms with Gasteiger partial charge in [0, 0.05) is 19.4 Å². The van der Waals surface area contributed by atoms with E-state index in [9.17, 15) is 76.0 Å². The van der Waals surface area contributed by atoms with E-state index in [4.69, 9.17) is 48.0 Å². The number of hydrogen-bond acceptors (Lipinski definition) is 25. The van der Waals surface area contributed by atoms with Gasteiger partial charge in [-0.3, -0.25) is 9.79 Å². The molecule has 4 fully saturated rings. The number of carbonyl (C=O) groups excluding carboxylic acids is 1. The van der Waals surface area contributed by atoms with Crippen molar-refractivity contribution < 1.29 is 154 Å². The Kier molecular flexibility index (Phi) is 29.3. The van der Waals surface area contributed by atoms with E-state index in [1.807, 2.05) is 0 Å². The molecule has 0 saturated carbocycles. The van der Waals surface area contributed by atoms with Crippen molar-refractivity contribution in [2.45, 2.75) is 239 Å². The first kappa shape index (κ1) is 65.9. The van der Waals surface area contributed by atoms with Crippen LogP contribution >= 0.6 is 0 Å². The van der Waals surface area contributed by atoms with Crippen molar-refractivity contribution >= 4 is 17.8 Å². The molecule has 0 unspecified atom stereocenters. The van der Waals surface area contributed by atoms with E-state index in [2.05, 4.69) is 17.2 Å². The molecule has 0 radical (unpaired) electrons. The maximum Gasteiger partial charge on any atom is 1.00 e. The summed E-state index contributed by atoms with van der Waals surface area (Å²) in [7, 11) is 0. The molecule has 13 N–H and O–H groups in total. The average Bonchev–Trinajstić information content (AvgIpc) is 3.34. The van der Waals surface area contributed by atoms with Gasteiger partial charge in [0.1, 0.15) is 85.3 Å². The SMILES string of the molecule is CCCCCCCCCCCCO[C@@H]1O[C@H](CO)[C@@H](OO[C@@H]2O[C@H](CO)[C@H](O)[C@H](OO[C@]3(C(=O)O)C[C@H](O)[C@@H](N=C(C)[O-])[C@H]([C@@H](O)[C@H](O)CO)O3)[C@H]2O)[C@H](O[C@@H]2O[C@@H](C)[C@@H](O)[C@@H](O)[C@@H]2O)[C@H]1NC(=O)CCC.[Na+]. The minimum Gasteiger partial charge on any atom is -0.862 e. The Morgan fingerprint density at radius 2 is 1.36 bits per heavy atom. The maximum atomic E-state index is 13.3. The first-order valence-electron chi connectivity index (χ1n) is 24.9. The smallest absolute Gasteiger partial charge is 0.862 e. The number of carbonyl (C=O) groups is 2. The minimum absolute atomic E-state index is 0. The molecule has 4 aliphatic rings. The second kappa shape index (κ2) is 32.5. The summed E-state index contributed by atoms with van der Waals surface area (Å²) in [4.78, 5) is 51.5. The number of aliphatic imine (C=N–C) groups is 1. The van der Waals surface area contributed by atoms with Gasteiger partial charge in [0.2, 0.25) is 12.2 Å². The molecule has 0 aromatic rings. The second-order valence-electron chi connectivity index (χ2n) is 18.7. The first-order valence-corrected chi connectivity index (χ1v) is 24.9. The third-order valence-corrected chi connectivity index (χ3v) is 13.0. The number of amides is 1. The third-order valence-electron chi connectivity index (χ3n) is 13.0. The summed E-state index contributed by atoms with van der Waals surface area (Å²) in [5, 5.41) is 142. The molecule has 1 amide bonds. The Labute approximate surface area is 445 Å². The number of unbranched alkanes of at least 4 members (excludes halogenated alkanes) is 9. The van der Waals surface area contributed by atoms with Gasteiger partial charge in [0.25, 0.3) is 0 Å². The molecule has 27 nitrogen and oxygen atoms in total. The Morgan fingerprint density at radius 3 is 1.93 bits per heavy atom. The number of aliphatic hydroxyl groups is 11. The molecule has 28 heteroatoms. The van der Waals surface area contributed by atoms with Gasteiger partial charge in [-0.05, 0) is 32.6 Å². The Bertz CT molecular complexity index is 1630. The van der Waals surface area contributed by atoms with E-state index in [1.165, 1.54) is 32.6 Å². The molecule has 4 aliphatic heterocycles. The van der Waals surface area contributed by atoms with E-state index in [-0.39, 0.29) is 42.6 Å². The number of aliphatic carboxylic acids is 1. The summed E-state index contributed by atoms with van der Waals surface area (Å²) in [6.45, 7) is 3.46. The molecule has 0 spiro atoms. The number of carboxylic acids is 1. The largest absolute Gasteiger partial charge is 1.00 e. The number of hydrogen-bond donors (Lipinski definition) is 13. The van der Waals surface area contributed by atoms with Gasteiger partial charge in [-0.15, -0.1) is 0 Å². The van der Waals surface area contributed by atoms with Crippen molar-refractivity contribution in [2.24, 2.45) is 4.99 Å². The summed E-state index contributed by atoms with van der Waals surface area (Å²) >= 11 is 0. The van der Waals surface area contributed by atoms with Crippen LogP contribution in [0.25, 0.3) is 0 Å². The number of rotatable bonds is 30. The molecule has 4 heterocycles. The minimum atomic E-state index is -3.14. The molecule has 420 valence electrons. The summed E-state index contributed by atoms with van der Waals surface area (Å²) in [5.41, 5.74) is 0. The molecule has 4 rings (SSSR count). The van der Waals surface area contributed by atoms with Gasteiger partial charge >= 0.3 is 41.3 Å². The van der Waals surface area contributed by atoms with Crippen molar-refractivity contribution in [3.8, 4) is 0 Å². The van der Waals surface area contributed by atoms with Gasteiger partial charge in [-0.2, -0.15) is 4.89 Å². The van der Waals surface area contributed by atoms with Crippen molar-refractivity contribution in [2.75, 3.05) is 26.4 Å². The van der Waals surface area contributed by atoms with Crippen molar-refractivity contribution in [1.29, 1.82) is 0 Å². The fraction of sp³-hybridized carbons (Fsp3) is 0.933. The average molecular weight is 1070 g/mol. The van der Waals surface area contributed by atoms with Crippen LogP contribution in [-0.4, -0.2) is 234 Å². The molecule has 0 bridgehead atoms. The summed E-state index contributed by atoms with van der Waals surface area (Å²) in [6.07, 6.45) is -23.0. The quantitative estimate of drug-likeness (QED) is 0.00794. The van der Waals surface area contributed by atoms with Crippen LogP contribution in [0.1, 0.15) is 111 Å². The molecule has 0 aromatic carbocycles. The van der Waals surface area contributed by atoms with E-state index < -0.39 is 172 Å². The van der Waals surface area contributed by atoms with Crippen LogP contribution in [0.2, 0.25) is 0 Å². The zero-order valence-corrected chi connectivity index (χ0v) is 44.2.